The highest BCUT2D eigenvalue weighted by Crippen LogP contribution is 2.43. The molecule has 0 bridgehead atoms. The molecule has 9 nitrogen and oxygen atoms in total. The Bertz CT molecular complexity index is 1030. The Hall–Kier alpha value is -3.04. The quantitative estimate of drug-likeness (QED) is 0.234. The lowest BCUT2D eigenvalue weighted by Gasteiger charge is -2.20. The Labute approximate surface area is 202 Å². The van der Waals surface area contributed by atoms with Crippen molar-refractivity contribution >= 4 is 46.4 Å². The van der Waals surface area contributed by atoms with E-state index in [0.717, 1.165) is 4.42 Å². The van der Waals surface area contributed by atoms with Crippen LogP contribution in [0.15, 0.2) is 40.6 Å². The van der Waals surface area contributed by atoms with E-state index >= 15 is 0 Å². The summed E-state index contributed by atoms with van der Waals surface area (Å²) in [6.45, 7) is 5.45. The maximum atomic E-state index is 13.1. The minimum atomic E-state index is -1.51. The van der Waals surface area contributed by atoms with Gasteiger partial charge in [-0.3, -0.25) is 9.59 Å². The molecule has 0 fully saturated rings. The first kappa shape index (κ1) is 26.2. The monoisotopic (exact) mass is 497 g/mol. The molecule has 0 N–H and O–H groups in total. The molecule has 1 unspecified atom stereocenters. The third-order valence-electron chi connectivity index (χ3n) is 4.31. The van der Waals surface area contributed by atoms with E-state index in [-0.39, 0.29) is 17.1 Å². The molecule has 0 radical (unpaired) electrons. The summed E-state index contributed by atoms with van der Waals surface area (Å²) in [6.07, 6.45) is 0. The van der Waals surface area contributed by atoms with Gasteiger partial charge in [-0.2, -0.15) is 10.2 Å². The molecule has 0 aliphatic carbocycles. The molecular formula is C22H25Cl2N3O6. The average Bonchev–Trinajstić information content (AvgIpc) is 2.81. The van der Waals surface area contributed by atoms with Crippen LogP contribution in [0.25, 0.3) is 0 Å². The van der Waals surface area contributed by atoms with Crippen molar-refractivity contribution in [3.8, 4) is 23.0 Å². The first-order valence-electron chi connectivity index (χ1n) is 10.00. The number of benzene rings is 2. The number of nitrogens with zero attached hydrogens (tertiary/aromatic N) is 3. The standard InChI is InChI=1S/C22H25Cl2N3O6/c1-6-32-20-15(23)9-10-16(21(20)33-7-2)25-26-19(13(3)28)22(29)27(24)17-12-14(30-4)8-11-18(17)31-5/h8-12,19H,6-7H2,1-5H3. The maximum absolute atomic E-state index is 13.1. The van der Waals surface area contributed by atoms with Gasteiger partial charge in [0, 0.05) is 17.8 Å². The molecular weight excluding hydrogens is 473 g/mol. The Kier molecular flexibility index (Phi) is 9.74. The van der Waals surface area contributed by atoms with Gasteiger partial charge in [-0.1, -0.05) is 11.6 Å². The molecule has 0 saturated carbocycles. The molecule has 2 rings (SSSR count). The van der Waals surface area contributed by atoms with Crippen LogP contribution in [0.4, 0.5) is 11.4 Å². The molecule has 33 heavy (non-hydrogen) atoms. The number of hydrogen-bond donors (Lipinski definition) is 0. The third-order valence-corrected chi connectivity index (χ3v) is 4.96. The molecule has 2 aromatic carbocycles. The highest BCUT2D eigenvalue weighted by Gasteiger charge is 2.31. The van der Waals surface area contributed by atoms with Crippen LogP contribution in [0, 0.1) is 0 Å². The number of ether oxygens (including phenoxy) is 4. The van der Waals surface area contributed by atoms with Crippen LogP contribution < -0.4 is 23.4 Å². The normalized spacial score (nSPS) is 11.7. The Morgan fingerprint density at radius 2 is 1.70 bits per heavy atom. The third kappa shape index (κ3) is 6.27. The predicted molar refractivity (Wildman–Crippen MR) is 126 cm³/mol. The number of rotatable bonds is 11. The second-order valence-corrected chi connectivity index (χ2v) is 7.22. The van der Waals surface area contributed by atoms with E-state index in [4.69, 9.17) is 42.3 Å². The largest absolute Gasteiger partial charge is 0.497 e. The van der Waals surface area contributed by atoms with Gasteiger partial charge >= 0.3 is 0 Å². The number of methoxy groups -OCH3 is 2. The lowest BCUT2D eigenvalue weighted by molar-refractivity contribution is -0.126. The van der Waals surface area contributed by atoms with Gasteiger partial charge in [-0.05, 0) is 45.0 Å². The van der Waals surface area contributed by atoms with Crippen molar-refractivity contribution < 1.29 is 28.5 Å². The maximum Gasteiger partial charge on any atom is 0.276 e. The summed E-state index contributed by atoms with van der Waals surface area (Å²) >= 11 is 12.5. The molecule has 0 saturated heterocycles. The van der Waals surface area contributed by atoms with Crippen LogP contribution in [0.1, 0.15) is 20.8 Å². The van der Waals surface area contributed by atoms with Crippen molar-refractivity contribution in [2.75, 3.05) is 31.9 Å². The van der Waals surface area contributed by atoms with E-state index in [9.17, 15) is 9.59 Å². The minimum Gasteiger partial charge on any atom is -0.497 e. The summed E-state index contributed by atoms with van der Waals surface area (Å²) < 4.78 is 22.4. The molecule has 1 amide bonds. The summed E-state index contributed by atoms with van der Waals surface area (Å²) in [5.74, 6) is -0.0947. The van der Waals surface area contributed by atoms with E-state index in [1.165, 1.54) is 27.2 Å². The van der Waals surface area contributed by atoms with Crippen LogP contribution in [0.5, 0.6) is 23.0 Å². The molecule has 0 heterocycles. The molecule has 0 aromatic heterocycles. The number of hydrogen-bond acceptors (Lipinski definition) is 8. The van der Waals surface area contributed by atoms with Crippen LogP contribution in [0.3, 0.4) is 0 Å². The Morgan fingerprint density at radius 1 is 1.03 bits per heavy atom. The summed E-state index contributed by atoms with van der Waals surface area (Å²) in [5, 5.41) is 8.37. The number of carbonyl (C=O) groups is 2. The average molecular weight is 498 g/mol. The van der Waals surface area contributed by atoms with Crippen molar-refractivity contribution in [1.82, 2.24) is 0 Å². The molecule has 11 heteroatoms. The van der Waals surface area contributed by atoms with Gasteiger partial charge in [0.05, 0.1) is 32.5 Å². The fourth-order valence-corrected chi connectivity index (χ4v) is 3.20. The topological polar surface area (TPSA) is 99.0 Å². The van der Waals surface area contributed by atoms with E-state index in [1.54, 1.807) is 38.1 Å². The first-order valence-corrected chi connectivity index (χ1v) is 10.7. The first-order chi connectivity index (χ1) is 15.8. The number of halogens is 2. The Morgan fingerprint density at radius 3 is 2.27 bits per heavy atom. The number of amides is 1. The molecule has 0 aliphatic rings. The van der Waals surface area contributed by atoms with Crippen molar-refractivity contribution in [2.24, 2.45) is 10.2 Å². The lowest BCUT2D eigenvalue weighted by Crippen LogP contribution is -2.36. The number of azo groups is 1. The van der Waals surface area contributed by atoms with Crippen LogP contribution in [-0.2, 0) is 9.59 Å². The minimum absolute atomic E-state index is 0.185. The Balaban J connectivity index is 2.43. The van der Waals surface area contributed by atoms with E-state index < -0.39 is 17.7 Å². The van der Waals surface area contributed by atoms with Gasteiger partial charge in [0.15, 0.2) is 17.3 Å². The molecule has 178 valence electrons. The van der Waals surface area contributed by atoms with Crippen LogP contribution in [-0.4, -0.2) is 45.2 Å². The number of anilines is 1. The molecule has 1 atom stereocenters. The van der Waals surface area contributed by atoms with Gasteiger partial charge in [0.25, 0.3) is 5.91 Å². The zero-order valence-electron chi connectivity index (χ0n) is 18.9. The van der Waals surface area contributed by atoms with Crippen molar-refractivity contribution in [1.29, 1.82) is 0 Å². The SMILES string of the molecule is CCOc1c(Cl)ccc(N=NC(C(C)=O)C(=O)N(Cl)c2cc(OC)ccc2OC)c1OCC. The second-order valence-electron chi connectivity index (χ2n) is 6.48. The van der Waals surface area contributed by atoms with Crippen LogP contribution in [0.2, 0.25) is 5.02 Å². The molecule has 0 aliphatic heterocycles. The van der Waals surface area contributed by atoms with Crippen molar-refractivity contribution in [3.05, 3.63) is 35.4 Å². The molecule has 2 aromatic rings. The fraction of sp³-hybridized carbons (Fsp3) is 0.364. The summed E-state index contributed by atoms with van der Waals surface area (Å²) in [7, 11) is 2.89. The lowest BCUT2D eigenvalue weighted by atomic mass is 10.2. The van der Waals surface area contributed by atoms with Crippen molar-refractivity contribution in [3.63, 3.8) is 0 Å². The van der Waals surface area contributed by atoms with Gasteiger partial charge in [0.2, 0.25) is 6.04 Å². The van der Waals surface area contributed by atoms with E-state index in [0.29, 0.717) is 35.5 Å². The molecule has 0 spiro atoms. The number of ketones is 1. The summed E-state index contributed by atoms with van der Waals surface area (Å²) in [6, 6.07) is 6.31. The highest BCUT2D eigenvalue weighted by atomic mass is 35.5. The summed E-state index contributed by atoms with van der Waals surface area (Å²) in [5.41, 5.74) is 0.425. The van der Waals surface area contributed by atoms with Gasteiger partial charge in [-0.25, -0.2) is 4.42 Å². The van der Waals surface area contributed by atoms with Gasteiger partial charge < -0.3 is 18.9 Å². The van der Waals surface area contributed by atoms with E-state index in [2.05, 4.69) is 10.2 Å². The highest BCUT2D eigenvalue weighted by molar-refractivity contribution is 6.39. The van der Waals surface area contributed by atoms with Gasteiger partial charge in [-0.15, -0.1) is 0 Å². The van der Waals surface area contributed by atoms with E-state index in [1.807, 2.05) is 0 Å². The number of carbonyl (C=O) groups excluding carboxylic acids is 2. The van der Waals surface area contributed by atoms with Gasteiger partial charge in [0.1, 0.15) is 22.9 Å². The fourth-order valence-electron chi connectivity index (χ4n) is 2.77. The second kappa shape index (κ2) is 12.3. The predicted octanol–water partition coefficient (Wildman–Crippen LogP) is 5.38. The summed E-state index contributed by atoms with van der Waals surface area (Å²) in [4.78, 5) is 25.3. The number of Topliss-reactive ketones (excluding diaryl/α,β-unsaturated/α-hetero) is 1. The zero-order valence-corrected chi connectivity index (χ0v) is 20.4. The zero-order chi connectivity index (χ0) is 24.5. The van der Waals surface area contributed by atoms with Crippen LogP contribution >= 0.6 is 23.4 Å². The smallest absolute Gasteiger partial charge is 0.276 e. The van der Waals surface area contributed by atoms with Crippen molar-refractivity contribution in [2.45, 2.75) is 26.8 Å².